The summed E-state index contributed by atoms with van der Waals surface area (Å²) in [5.74, 6) is 0. The summed E-state index contributed by atoms with van der Waals surface area (Å²) in [6.45, 7) is 1.00. The van der Waals surface area contributed by atoms with E-state index in [9.17, 15) is 4.79 Å². The molecule has 4 heteroatoms. The molecule has 0 aliphatic carbocycles. The van der Waals surface area contributed by atoms with Crippen molar-refractivity contribution in [2.75, 3.05) is 6.61 Å². The van der Waals surface area contributed by atoms with Gasteiger partial charge in [-0.25, -0.2) is 4.79 Å². The van der Waals surface area contributed by atoms with Crippen molar-refractivity contribution >= 4 is 28.7 Å². The quantitative estimate of drug-likeness (QED) is 0.755. The molecular formula is C16H14INO2. The molecule has 1 atom stereocenters. The molecule has 0 unspecified atom stereocenters. The first-order valence-electron chi connectivity index (χ1n) is 6.47. The average molecular weight is 379 g/mol. The average Bonchev–Trinajstić information content (AvgIpc) is 2.84. The SMILES string of the molecule is O=C1OC[C@@H](c2ccccc2)N1Cc1ccccc1I. The minimum Gasteiger partial charge on any atom is -0.447 e. The number of benzene rings is 2. The Kier molecular flexibility index (Phi) is 3.91. The molecule has 1 amide bonds. The number of halogens is 1. The highest BCUT2D eigenvalue weighted by Crippen LogP contribution is 2.29. The Morgan fingerprint density at radius 2 is 1.80 bits per heavy atom. The van der Waals surface area contributed by atoms with E-state index in [0.29, 0.717) is 13.2 Å². The van der Waals surface area contributed by atoms with E-state index in [0.717, 1.165) is 14.7 Å². The number of hydrogen-bond donors (Lipinski definition) is 0. The van der Waals surface area contributed by atoms with Crippen LogP contribution >= 0.6 is 22.6 Å². The van der Waals surface area contributed by atoms with E-state index in [1.165, 1.54) is 0 Å². The third-order valence-electron chi connectivity index (χ3n) is 3.46. The third-order valence-corrected chi connectivity index (χ3v) is 4.51. The fraction of sp³-hybridized carbons (Fsp3) is 0.188. The lowest BCUT2D eigenvalue weighted by molar-refractivity contribution is 0.156. The van der Waals surface area contributed by atoms with E-state index in [1.54, 1.807) is 4.90 Å². The van der Waals surface area contributed by atoms with Gasteiger partial charge in [0.05, 0.1) is 12.6 Å². The number of rotatable bonds is 3. The number of amides is 1. The summed E-state index contributed by atoms with van der Waals surface area (Å²) in [5, 5.41) is 0. The molecule has 1 heterocycles. The van der Waals surface area contributed by atoms with Gasteiger partial charge in [-0.05, 0) is 39.8 Å². The lowest BCUT2D eigenvalue weighted by Crippen LogP contribution is -2.27. The van der Waals surface area contributed by atoms with Crippen molar-refractivity contribution in [3.05, 3.63) is 69.3 Å². The topological polar surface area (TPSA) is 29.5 Å². The zero-order valence-corrected chi connectivity index (χ0v) is 13.0. The van der Waals surface area contributed by atoms with Crippen molar-refractivity contribution in [3.63, 3.8) is 0 Å². The molecule has 0 bridgehead atoms. The predicted molar refractivity (Wildman–Crippen MR) is 85.2 cm³/mol. The van der Waals surface area contributed by atoms with Gasteiger partial charge in [0.1, 0.15) is 6.61 Å². The van der Waals surface area contributed by atoms with Crippen LogP contribution in [0.15, 0.2) is 54.6 Å². The van der Waals surface area contributed by atoms with E-state index in [-0.39, 0.29) is 12.1 Å². The van der Waals surface area contributed by atoms with Crippen molar-refractivity contribution in [3.8, 4) is 0 Å². The minimum absolute atomic E-state index is 0.000272. The molecular weight excluding hydrogens is 365 g/mol. The monoisotopic (exact) mass is 379 g/mol. The van der Waals surface area contributed by atoms with E-state index in [2.05, 4.69) is 34.7 Å². The largest absolute Gasteiger partial charge is 0.447 e. The molecule has 0 radical (unpaired) electrons. The third kappa shape index (κ3) is 2.65. The second-order valence-corrected chi connectivity index (χ2v) is 5.88. The van der Waals surface area contributed by atoms with E-state index in [4.69, 9.17) is 4.74 Å². The number of cyclic esters (lactones) is 1. The van der Waals surface area contributed by atoms with Crippen LogP contribution in [0.3, 0.4) is 0 Å². The van der Waals surface area contributed by atoms with Crippen LogP contribution in [-0.4, -0.2) is 17.6 Å². The molecule has 2 aromatic rings. The van der Waals surface area contributed by atoms with Gasteiger partial charge in [-0.2, -0.15) is 0 Å². The van der Waals surface area contributed by atoms with Crippen molar-refractivity contribution in [1.82, 2.24) is 4.90 Å². The summed E-state index contributed by atoms with van der Waals surface area (Å²) in [6.07, 6.45) is -0.237. The summed E-state index contributed by atoms with van der Waals surface area (Å²) in [4.78, 5) is 13.8. The molecule has 20 heavy (non-hydrogen) atoms. The van der Waals surface area contributed by atoms with Gasteiger partial charge in [0, 0.05) is 3.57 Å². The van der Waals surface area contributed by atoms with E-state index in [1.807, 2.05) is 42.5 Å². The predicted octanol–water partition coefficient (Wildman–Crippen LogP) is 3.98. The van der Waals surface area contributed by atoms with E-state index < -0.39 is 0 Å². The van der Waals surface area contributed by atoms with Gasteiger partial charge < -0.3 is 4.74 Å². The number of nitrogens with zero attached hydrogens (tertiary/aromatic N) is 1. The molecule has 1 saturated heterocycles. The van der Waals surface area contributed by atoms with Gasteiger partial charge >= 0.3 is 6.09 Å². The second-order valence-electron chi connectivity index (χ2n) is 4.72. The molecule has 0 saturated carbocycles. The van der Waals surface area contributed by atoms with Crippen LogP contribution in [0, 0.1) is 3.57 Å². The maximum atomic E-state index is 12.0. The maximum Gasteiger partial charge on any atom is 0.410 e. The smallest absolute Gasteiger partial charge is 0.410 e. The van der Waals surface area contributed by atoms with Gasteiger partial charge in [0.25, 0.3) is 0 Å². The number of hydrogen-bond acceptors (Lipinski definition) is 2. The fourth-order valence-corrected chi connectivity index (χ4v) is 2.94. The Hall–Kier alpha value is -1.56. The summed E-state index contributed by atoms with van der Waals surface area (Å²) in [6, 6.07) is 18.1. The lowest BCUT2D eigenvalue weighted by Gasteiger charge is -2.22. The number of ether oxygens (including phenoxy) is 1. The van der Waals surface area contributed by atoms with Crippen LogP contribution in [0.2, 0.25) is 0 Å². The molecule has 2 aromatic carbocycles. The molecule has 1 fully saturated rings. The first-order valence-corrected chi connectivity index (χ1v) is 7.55. The molecule has 3 nitrogen and oxygen atoms in total. The second kappa shape index (κ2) is 5.83. The Morgan fingerprint density at radius 3 is 2.55 bits per heavy atom. The standard InChI is InChI=1S/C16H14INO2/c17-14-9-5-4-8-13(14)10-18-15(11-20-16(18)19)12-6-2-1-3-7-12/h1-9,15H,10-11H2/t15-/m0/s1. The van der Waals surface area contributed by atoms with Gasteiger partial charge in [-0.3, -0.25) is 4.90 Å². The van der Waals surface area contributed by atoms with Gasteiger partial charge in [0.2, 0.25) is 0 Å². The molecule has 3 rings (SSSR count). The number of carbonyl (C=O) groups is 1. The van der Waals surface area contributed by atoms with Crippen molar-refractivity contribution < 1.29 is 9.53 Å². The van der Waals surface area contributed by atoms with Crippen LogP contribution in [0.5, 0.6) is 0 Å². The Morgan fingerprint density at radius 1 is 1.10 bits per heavy atom. The summed E-state index contributed by atoms with van der Waals surface area (Å²) < 4.78 is 6.39. The van der Waals surface area contributed by atoms with Crippen molar-refractivity contribution in [2.45, 2.75) is 12.6 Å². The van der Waals surface area contributed by atoms with E-state index >= 15 is 0 Å². The van der Waals surface area contributed by atoms with Crippen molar-refractivity contribution in [2.24, 2.45) is 0 Å². The number of carbonyl (C=O) groups excluding carboxylic acids is 1. The highest BCUT2D eigenvalue weighted by Gasteiger charge is 2.34. The van der Waals surface area contributed by atoms with Crippen LogP contribution < -0.4 is 0 Å². The van der Waals surface area contributed by atoms with Crippen LogP contribution in [0.25, 0.3) is 0 Å². The van der Waals surface area contributed by atoms with Gasteiger partial charge in [0.15, 0.2) is 0 Å². The van der Waals surface area contributed by atoms with Crippen LogP contribution in [-0.2, 0) is 11.3 Å². The van der Waals surface area contributed by atoms with Gasteiger partial charge in [-0.15, -0.1) is 0 Å². The highest BCUT2D eigenvalue weighted by atomic mass is 127. The Labute approximate surface area is 131 Å². The Balaban J connectivity index is 1.86. The molecule has 0 aromatic heterocycles. The summed E-state index contributed by atoms with van der Waals surface area (Å²) in [5.41, 5.74) is 2.26. The molecule has 102 valence electrons. The zero-order valence-electron chi connectivity index (χ0n) is 10.8. The zero-order chi connectivity index (χ0) is 13.9. The van der Waals surface area contributed by atoms with Crippen LogP contribution in [0.4, 0.5) is 4.79 Å². The fourth-order valence-electron chi connectivity index (χ4n) is 2.39. The molecule has 1 aliphatic heterocycles. The summed E-state index contributed by atoms with van der Waals surface area (Å²) >= 11 is 2.30. The highest BCUT2D eigenvalue weighted by molar-refractivity contribution is 14.1. The normalized spacial score (nSPS) is 18.1. The van der Waals surface area contributed by atoms with Crippen LogP contribution in [0.1, 0.15) is 17.2 Å². The maximum absolute atomic E-state index is 12.0. The Bertz CT molecular complexity index is 615. The molecule has 0 N–H and O–H groups in total. The van der Waals surface area contributed by atoms with Gasteiger partial charge in [-0.1, -0.05) is 48.5 Å². The minimum atomic E-state index is -0.237. The first-order chi connectivity index (χ1) is 9.75. The van der Waals surface area contributed by atoms with Crippen molar-refractivity contribution in [1.29, 1.82) is 0 Å². The molecule has 1 aliphatic rings. The first kappa shape index (κ1) is 13.4. The summed E-state index contributed by atoms with van der Waals surface area (Å²) in [7, 11) is 0. The molecule has 0 spiro atoms. The lowest BCUT2D eigenvalue weighted by atomic mass is 10.1.